The lowest BCUT2D eigenvalue weighted by atomic mass is 10.1. The summed E-state index contributed by atoms with van der Waals surface area (Å²) >= 11 is 1.32. The van der Waals surface area contributed by atoms with Crippen LogP contribution in [0.1, 0.15) is 50.9 Å². The molecule has 2 amide bonds. The number of rotatable bonds is 7. The van der Waals surface area contributed by atoms with Gasteiger partial charge in [-0.25, -0.2) is 4.79 Å². The summed E-state index contributed by atoms with van der Waals surface area (Å²) in [7, 11) is 0. The van der Waals surface area contributed by atoms with E-state index in [4.69, 9.17) is 4.74 Å². The molecular weight excluding hydrogens is 392 g/mol. The molecule has 2 N–H and O–H groups in total. The summed E-state index contributed by atoms with van der Waals surface area (Å²) in [5, 5.41) is 5.86. The summed E-state index contributed by atoms with van der Waals surface area (Å²) < 4.78 is 5.17. The van der Waals surface area contributed by atoms with Crippen molar-refractivity contribution in [2.45, 2.75) is 33.6 Å². The van der Waals surface area contributed by atoms with Crippen LogP contribution in [0.25, 0.3) is 0 Å². The van der Waals surface area contributed by atoms with Crippen molar-refractivity contribution in [3.8, 4) is 0 Å². The lowest BCUT2D eigenvalue weighted by molar-refractivity contribution is -0.119. The average Bonchev–Trinajstić information content (AvgIpc) is 3.48. The van der Waals surface area contributed by atoms with E-state index in [-0.39, 0.29) is 23.2 Å². The van der Waals surface area contributed by atoms with Crippen molar-refractivity contribution in [2.24, 2.45) is 5.92 Å². The highest BCUT2D eigenvalue weighted by Crippen LogP contribution is 2.36. The molecule has 1 saturated carbocycles. The summed E-state index contributed by atoms with van der Waals surface area (Å²) in [4.78, 5) is 49.1. The van der Waals surface area contributed by atoms with E-state index in [2.05, 4.69) is 10.6 Å². The van der Waals surface area contributed by atoms with Crippen LogP contribution < -0.4 is 10.6 Å². The molecule has 7 nitrogen and oxygen atoms in total. The Bertz CT molecular complexity index is 991. The number of aryl methyl sites for hydroxylation is 1. The molecule has 3 rings (SSSR count). The Kier molecular flexibility index (Phi) is 6.12. The first-order chi connectivity index (χ1) is 13.8. The molecule has 0 unspecified atom stereocenters. The molecule has 1 aromatic carbocycles. The summed E-state index contributed by atoms with van der Waals surface area (Å²) in [5.41, 5.74) is 1.92. The number of hydrogen-bond donors (Lipinski definition) is 2. The number of thiophene rings is 1. The summed E-state index contributed by atoms with van der Waals surface area (Å²) in [6.45, 7) is 4.60. The Morgan fingerprint density at radius 1 is 1.14 bits per heavy atom. The first kappa shape index (κ1) is 20.7. The average molecular weight is 414 g/mol. The van der Waals surface area contributed by atoms with E-state index in [0.29, 0.717) is 16.3 Å². The number of hydrogen-bond acceptors (Lipinski definition) is 6. The maximum Gasteiger partial charge on any atom is 0.341 e. The Balaban J connectivity index is 1.63. The lowest BCUT2D eigenvalue weighted by Gasteiger charge is -2.09. The highest BCUT2D eigenvalue weighted by Gasteiger charge is 2.31. The van der Waals surface area contributed by atoms with Crippen molar-refractivity contribution in [2.75, 3.05) is 17.2 Å². The molecule has 29 heavy (non-hydrogen) atoms. The minimum absolute atomic E-state index is 0.0122. The molecule has 0 radical (unpaired) electrons. The lowest BCUT2D eigenvalue weighted by Crippen LogP contribution is -2.22. The van der Waals surface area contributed by atoms with Crippen LogP contribution in [0.2, 0.25) is 0 Å². The van der Waals surface area contributed by atoms with Crippen molar-refractivity contribution in [1.82, 2.24) is 0 Å². The fourth-order valence-electron chi connectivity index (χ4n) is 2.74. The molecule has 1 fully saturated rings. The molecular formula is C21H22N2O5S. The van der Waals surface area contributed by atoms with Crippen molar-refractivity contribution in [1.29, 1.82) is 0 Å². The number of esters is 1. The van der Waals surface area contributed by atoms with Gasteiger partial charge in [-0.1, -0.05) is 12.1 Å². The molecule has 1 aliphatic rings. The van der Waals surface area contributed by atoms with Gasteiger partial charge in [-0.15, -0.1) is 11.3 Å². The fraction of sp³-hybridized carbons (Fsp3) is 0.333. The van der Waals surface area contributed by atoms with Crippen LogP contribution in [-0.4, -0.2) is 30.2 Å². The SMILES string of the molecule is CC(=O)c1cccc(NC(=O)COC(=O)c2c(NC(=O)C3CC3)sc(C)c2C)c1. The zero-order valence-corrected chi connectivity index (χ0v) is 17.3. The smallest absolute Gasteiger partial charge is 0.341 e. The van der Waals surface area contributed by atoms with Gasteiger partial charge in [-0.2, -0.15) is 0 Å². The molecule has 1 heterocycles. The molecule has 2 aromatic rings. The van der Waals surface area contributed by atoms with E-state index >= 15 is 0 Å². The predicted octanol–water partition coefficient (Wildman–Crippen LogP) is 3.71. The van der Waals surface area contributed by atoms with E-state index in [1.54, 1.807) is 31.2 Å². The summed E-state index contributed by atoms with van der Waals surface area (Å²) in [6.07, 6.45) is 1.72. The Morgan fingerprint density at radius 3 is 2.52 bits per heavy atom. The molecule has 0 atom stereocenters. The molecule has 152 valence electrons. The third-order valence-electron chi connectivity index (χ3n) is 4.66. The van der Waals surface area contributed by atoms with Gasteiger partial charge in [0.2, 0.25) is 5.91 Å². The normalized spacial score (nSPS) is 12.9. The van der Waals surface area contributed by atoms with Gasteiger partial charge in [0.25, 0.3) is 5.91 Å². The first-order valence-corrected chi connectivity index (χ1v) is 10.1. The highest BCUT2D eigenvalue weighted by atomic mass is 32.1. The van der Waals surface area contributed by atoms with Crippen LogP contribution >= 0.6 is 11.3 Å². The number of carbonyl (C=O) groups excluding carboxylic acids is 4. The molecule has 1 aromatic heterocycles. The van der Waals surface area contributed by atoms with Crippen LogP contribution in [0.4, 0.5) is 10.7 Å². The van der Waals surface area contributed by atoms with Crippen molar-refractivity contribution in [3.05, 3.63) is 45.8 Å². The van der Waals surface area contributed by atoms with Gasteiger partial charge in [0.15, 0.2) is 12.4 Å². The molecule has 1 aliphatic carbocycles. The fourth-order valence-corrected chi connectivity index (χ4v) is 3.79. The topological polar surface area (TPSA) is 102 Å². The van der Waals surface area contributed by atoms with Gasteiger partial charge < -0.3 is 15.4 Å². The minimum atomic E-state index is -0.661. The van der Waals surface area contributed by atoms with Crippen LogP contribution in [0.5, 0.6) is 0 Å². The van der Waals surface area contributed by atoms with Crippen LogP contribution in [0.3, 0.4) is 0 Å². The second-order valence-electron chi connectivity index (χ2n) is 7.01. The zero-order valence-electron chi connectivity index (χ0n) is 16.5. The Morgan fingerprint density at radius 2 is 1.86 bits per heavy atom. The number of ketones is 1. The van der Waals surface area contributed by atoms with Crippen LogP contribution in [-0.2, 0) is 14.3 Å². The highest BCUT2D eigenvalue weighted by molar-refractivity contribution is 7.16. The Hall–Kier alpha value is -3.00. The van der Waals surface area contributed by atoms with Crippen molar-refractivity contribution >= 4 is 45.6 Å². The van der Waals surface area contributed by atoms with Gasteiger partial charge in [-0.3, -0.25) is 14.4 Å². The number of amides is 2. The summed E-state index contributed by atoms with van der Waals surface area (Å²) in [6, 6.07) is 6.51. The predicted molar refractivity (Wildman–Crippen MR) is 111 cm³/mol. The minimum Gasteiger partial charge on any atom is -0.452 e. The summed E-state index contributed by atoms with van der Waals surface area (Å²) in [5.74, 6) is -1.38. The molecule has 0 aliphatic heterocycles. The second-order valence-corrected chi connectivity index (χ2v) is 8.24. The third kappa shape index (κ3) is 5.08. The third-order valence-corrected chi connectivity index (χ3v) is 5.78. The molecule has 0 spiro atoms. The molecule has 0 saturated heterocycles. The zero-order chi connectivity index (χ0) is 21.1. The maximum atomic E-state index is 12.6. The number of ether oxygens (including phenoxy) is 1. The van der Waals surface area contributed by atoms with Crippen molar-refractivity contribution in [3.63, 3.8) is 0 Å². The van der Waals surface area contributed by atoms with Crippen LogP contribution in [0, 0.1) is 19.8 Å². The number of nitrogens with one attached hydrogen (secondary N) is 2. The largest absolute Gasteiger partial charge is 0.452 e. The maximum absolute atomic E-state index is 12.6. The van der Waals surface area contributed by atoms with E-state index < -0.39 is 18.5 Å². The quantitative estimate of drug-likeness (QED) is 0.531. The van der Waals surface area contributed by atoms with E-state index in [1.807, 2.05) is 6.92 Å². The van der Waals surface area contributed by atoms with Gasteiger partial charge >= 0.3 is 5.97 Å². The van der Waals surface area contributed by atoms with Crippen LogP contribution in [0.15, 0.2) is 24.3 Å². The number of benzene rings is 1. The standard InChI is InChI=1S/C21H22N2O5S/c1-11-13(3)29-20(23-19(26)14-7-8-14)18(11)21(27)28-10-17(25)22-16-6-4-5-15(9-16)12(2)24/h4-6,9,14H,7-8,10H2,1-3H3,(H,22,25)(H,23,26). The van der Waals surface area contributed by atoms with Gasteiger partial charge in [0.1, 0.15) is 5.00 Å². The Labute approximate surface area is 172 Å². The number of Topliss-reactive ketones (excluding diaryl/α,β-unsaturated/α-hetero) is 1. The van der Waals surface area contributed by atoms with Gasteiger partial charge in [-0.05, 0) is 51.3 Å². The van der Waals surface area contributed by atoms with Gasteiger partial charge in [0, 0.05) is 22.0 Å². The van der Waals surface area contributed by atoms with E-state index in [1.165, 1.54) is 18.3 Å². The molecule has 0 bridgehead atoms. The van der Waals surface area contributed by atoms with Gasteiger partial charge in [0.05, 0.1) is 5.56 Å². The van der Waals surface area contributed by atoms with E-state index in [0.717, 1.165) is 23.3 Å². The molecule has 8 heteroatoms. The second kappa shape index (κ2) is 8.57. The van der Waals surface area contributed by atoms with E-state index in [9.17, 15) is 19.2 Å². The first-order valence-electron chi connectivity index (χ1n) is 9.25. The monoisotopic (exact) mass is 414 g/mol. The number of anilines is 2. The number of carbonyl (C=O) groups is 4. The van der Waals surface area contributed by atoms with Crippen molar-refractivity contribution < 1.29 is 23.9 Å².